The first-order valence-electron chi connectivity index (χ1n) is 6.20. The molecule has 0 bridgehead atoms. The topological polar surface area (TPSA) is 55.4 Å². The first-order chi connectivity index (χ1) is 7.67. The third-order valence-corrected chi connectivity index (χ3v) is 5.02. The van der Waals surface area contributed by atoms with Gasteiger partial charge in [-0.05, 0) is 33.7 Å². The summed E-state index contributed by atoms with van der Waals surface area (Å²) in [6.45, 7) is 11.1. The molecule has 0 aliphatic carbocycles. The van der Waals surface area contributed by atoms with Crippen LogP contribution < -0.4 is 5.32 Å². The smallest absolute Gasteiger partial charge is 0.157 e. The quantitative estimate of drug-likeness (QED) is 0.677. The minimum Gasteiger partial charge on any atom is -0.380 e. The second-order valence-corrected chi connectivity index (χ2v) is 8.37. The third kappa shape index (κ3) is 7.73. The second-order valence-electron chi connectivity index (χ2n) is 5.51. The lowest BCUT2D eigenvalue weighted by atomic mass is 10.3. The van der Waals surface area contributed by atoms with E-state index < -0.39 is 14.6 Å². The van der Waals surface area contributed by atoms with Gasteiger partial charge < -0.3 is 10.1 Å². The van der Waals surface area contributed by atoms with Crippen LogP contribution >= 0.6 is 0 Å². The fourth-order valence-electron chi connectivity index (χ4n) is 1.14. The molecule has 104 valence electrons. The molecule has 17 heavy (non-hydrogen) atoms. The van der Waals surface area contributed by atoms with Gasteiger partial charge in [0, 0.05) is 12.6 Å². The molecular formula is C12H27NO3S. The van der Waals surface area contributed by atoms with Crippen molar-refractivity contribution in [3.05, 3.63) is 0 Å². The lowest BCUT2D eigenvalue weighted by Gasteiger charge is -2.18. The van der Waals surface area contributed by atoms with Crippen molar-refractivity contribution in [1.82, 2.24) is 5.32 Å². The summed E-state index contributed by atoms with van der Waals surface area (Å²) < 4.78 is 28.1. The average molecular weight is 265 g/mol. The van der Waals surface area contributed by atoms with Crippen LogP contribution in [0.3, 0.4) is 0 Å². The van der Waals surface area contributed by atoms with Crippen molar-refractivity contribution in [2.24, 2.45) is 0 Å². The van der Waals surface area contributed by atoms with Crippen LogP contribution in [0.25, 0.3) is 0 Å². The molecule has 0 spiro atoms. The average Bonchev–Trinajstić information content (AvgIpc) is 2.13. The molecule has 0 rings (SSSR count). The predicted molar refractivity (Wildman–Crippen MR) is 72.1 cm³/mol. The maximum absolute atomic E-state index is 11.7. The van der Waals surface area contributed by atoms with Gasteiger partial charge in [-0.25, -0.2) is 8.42 Å². The summed E-state index contributed by atoms with van der Waals surface area (Å²) in [7, 11) is -3.04. The van der Waals surface area contributed by atoms with Gasteiger partial charge in [-0.1, -0.05) is 13.8 Å². The highest BCUT2D eigenvalue weighted by atomic mass is 32.2. The molecular weight excluding hydrogens is 238 g/mol. The van der Waals surface area contributed by atoms with Crippen molar-refractivity contribution in [2.75, 3.05) is 25.5 Å². The molecule has 0 aliphatic heterocycles. The second kappa shape index (κ2) is 7.34. The molecule has 0 aliphatic rings. The number of rotatable bonds is 8. The number of hydrogen-bond acceptors (Lipinski definition) is 4. The molecule has 0 radical (unpaired) electrons. The van der Waals surface area contributed by atoms with Crippen molar-refractivity contribution < 1.29 is 13.2 Å². The Labute approximate surface area is 106 Å². The van der Waals surface area contributed by atoms with Gasteiger partial charge in [0.2, 0.25) is 0 Å². The SMILES string of the molecule is CC(C)NCCCOCCS(=O)(=O)C(C)(C)C. The van der Waals surface area contributed by atoms with Crippen LogP contribution in [-0.2, 0) is 14.6 Å². The monoisotopic (exact) mass is 265 g/mol. The van der Waals surface area contributed by atoms with E-state index in [-0.39, 0.29) is 5.75 Å². The van der Waals surface area contributed by atoms with Crippen LogP contribution in [0, 0.1) is 0 Å². The summed E-state index contributed by atoms with van der Waals surface area (Å²) in [4.78, 5) is 0. The van der Waals surface area contributed by atoms with Gasteiger partial charge in [-0.2, -0.15) is 0 Å². The molecule has 0 heterocycles. The van der Waals surface area contributed by atoms with Crippen LogP contribution in [-0.4, -0.2) is 44.7 Å². The van der Waals surface area contributed by atoms with Crippen molar-refractivity contribution in [1.29, 1.82) is 0 Å². The van der Waals surface area contributed by atoms with Crippen molar-refractivity contribution in [3.63, 3.8) is 0 Å². The van der Waals surface area contributed by atoms with Crippen molar-refractivity contribution >= 4 is 9.84 Å². The Bertz CT molecular complexity index is 291. The van der Waals surface area contributed by atoms with E-state index in [1.807, 2.05) is 0 Å². The Hall–Kier alpha value is -0.130. The highest BCUT2D eigenvalue weighted by Gasteiger charge is 2.28. The van der Waals surface area contributed by atoms with Crippen LogP contribution in [0.4, 0.5) is 0 Å². The van der Waals surface area contributed by atoms with E-state index in [1.54, 1.807) is 20.8 Å². The minimum atomic E-state index is -3.04. The van der Waals surface area contributed by atoms with Crippen molar-refractivity contribution in [2.45, 2.75) is 51.8 Å². The van der Waals surface area contributed by atoms with Gasteiger partial charge in [-0.3, -0.25) is 0 Å². The van der Waals surface area contributed by atoms with E-state index in [4.69, 9.17) is 4.74 Å². The summed E-state index contributed by atoms with van der Waals surface area (Å²) >= 11 is 0. The van der Waals surface area contributed by atoms with E-state index in [0.717, 1.165) is 13.0 Å². The summed E-state index contributed by atoms with van der Waals surface area (Å²) in [6, 6.07) is 0.483. The van der Waals surface area contributed by atoms with Crippen LogP contribution in [0.5, 0.6) is 0 Å². The van der Waals surface area contributed by atoms with Gasteiger partial charge in [0.15, 0.2) is 9.84 Å². The molecule has 0 aromatic heterocycles. The number of sulfone groups is 1. The summed E-state index contributed by atoms with van der Waals surface area (Å²) in [5.41, 5.74) is 0. The molecule has 0 saturated carbocycles. The molecule has 0 fully saturated rings. The Morgan fingerprint density at radius 3 is 2.24 bits per heavy atom. The van der Waals surface area contributed by atoms with Crippen LogP contribution in [0.15, 0.2) is 0 Å². The number of hydrogen-bond donors (Lipinski definition) is 1. The first kappa shape index (κ1) is 16.9. The molecule has 0 unspecified atom stereocenters. The van der Waals surface area contributed by atoms with E-state index in [1.165, 1.54) is 0 Å². The van der Waals surface area contributed by atoms with Crippen LogP contribution in [0.2, 0.25) is 0 Å². The van der Waals surface area contributed by atoms with E-state index >= 15 is 0 Å². The van der Waals surface area contributed by atoms with E-state index in [0.29, 0.717) is 19.3 Å². The third-order valence-electron chi connectivity index (χ3n) is 2.45. The van der Waals surface area contributed by atoms with Crippen molar-refractivity contribution in [3.8, 4) is 0 Å². The maximum atomic E-state index is 11.7. The molecule has 0 aromatic carbocycles. The standard InChI is InChI=1S/C12H27NO3S/c1-11(2)13-7-6-8-16-9-10-17(14,15)12(3,4)5/h11,13H,6-10H2,1-5H3. The zero-order valence-corrected chi connectivity index (χ0v) is 12.6. The molecule has 4 nitrogen and oxygen atoms in total. The Kier molecular flexibility index (Phi) is 7.28. The van der Waals surface area contributed by atoms with Gasteiger partial charge >= 0.3 is 0 Å². The van der Waals surface area contributed by atoms with E-state index in [9.17, 15) is 8.42 Å². The van der Waals surface area contributed by atoms with Gasteiger partial charge in [0.05, 0.1) is 17.1 Å². The highest BCUT2D eigenvalue weighted by Crippen LogP contribution is 2.15. The van der Waals surface area contributed by atoms with Gasteiger partial charge in [0.25, 0.3) is 0 Å². The van der Waals surface area contributed by atoms with Gasteiger partial charge in [-0.15, -0.1) is 0 Å². The summed E-state index contributed by atoms with van der Waals surface area (Å²) in [5, 5.41) is 3.28. The lowest BCUT2D eigenvalue weighted by Crippen LogP contribution is -2.32. The van der Waals surface area contributed by atoms with E-state index in [2.05, 4.69) is 19.2 Å². The fourth-order valence-corrected chi connectivity index (χ4v) is 2.09. The molecule has 1 N–H and O–H groups in total. The molecule has 0 saturated heterocycles. The zero-order chi connectivity index (χ0) is 13.5. The molecule has 0 aromatic rings. The Balaban J connectivity index is 3.60. The predicted octanol–water partition coefficient (Wildman–Crippen LogP) is 1.60. The fraction of sp³-hybridized carbons (Fsp3) is 1.00. The number of ether oxygens (including phenoxy) is 1. The van der Waals surface area contributed by atoms with Gasteiger partial charge in [0.1, 0.15) is 0 Å². The molecule has 0 atom stereocenters. The Morgan fingerprint density at radius 1 is 1.18 bits per heavy atom. The highest BCUT2D eigenvalue weighted by molar-refractivity contribution is 7.92. The zero-order valence-electron chi connectivity index (χ0n) is 11.7. The maximum Gasteiger partial charge on any atom is 0.157 e. The summed E-state index contributed by atoms with van der Waals surface area (Å²) in [6.07, 6.45) is 0.910. The first-order valence-corrected chi connectivity index (χ1v) is 7.85. The summed E-state index contributed by atoms with van der Waals surface area (Å²) in [5.74, 6) is 0.105. The normalized spacial score (nSPS) is 13.3. The molecule has 0 amide bonds. The Morgan fingerprint density at radius 2 is 1.76 bits per heavy atom. The number of nitrogens with one attached hydrogen (secondary N) is 1. The largest absolute Gasteiger partial charge is 0.380 e. The minimum absolute atomic E-state index is 0.105. The lowest BCUT2D eigenvalue weighted by molar-refractivity contribution is 0.145. The van der Waals surface area contributed by atoms with Crippen LogP contribution in [0.1, 0.15) is 41.0 Å². The molecule has 5 heteroatoms.